The van der Waals surface area contributed by atoms with E-state index in [0.717, 1.165) is 17.5 Å². The van der Waals surface area contributed by atoms with E-state index in [-0.39, 0.29) is 17.9 Å². The first-order valence-electron chi connectivity index (χ1n) is 7.38. The van der Waals surface area contributed by atoms with Crippen LogP contribution in [-0.2, 0) is 0 Å². The Labute approximate surface area is 137 Å². The van der Waals surface area contributed by atoms with E-state index in [1.165, 1.54) is 18.5 Å². The Balaban J connectivity index is 1.71. The van der Waals surface area contributed by atoms with Crippen LogP contribution in [0.15, 0.2) is 54.9 Å². The molecular formula is C17H14ClFN4. The summed E-state index contributed by atoms with van der Waals surface area (Å²) in [6, 6.07) is 14.4. The highest BCUT2D eigenvalue weighted by Gasteiger charge is 2.29. The lowest BCUT2D eigenvalue weighted by atomic mass is 9.93. The van der Waals surface area contributed by atoms with E-state index >= 15 is 0 Å². The normalized spacial score (nSPS) is 19.9. The van der Waals surface area contributed by atoms with Gasteiger partial charge in [0.1, 0.15) is 12.1 Å². The predicted octanol–water partition coefficient (Wildman–Crippen LogP) is 4.22. The van der Waals surface area contributed by atoms with E-state index in [1.54, 1.807) is 12.1 Å². The van der Waals surface area contributed by atoms with Gasteiger partial charge in [-0.05, 0) is 41.8 Å². The Kier molecular flexibility index (Phi) is 3.50. The molecule has 2 aromatic carbocycles. The number of hydrogen-bond donors (Lipinski definition) is 1. The van der Waals surface area contributed by atoms with E-state index in [4.69, 9.17) is 11.6 Å². The van der Waals surface area contributed by atoms with Gasteiger partial charge in [-0.3, -0.25) is 0 Å². The van der Waals surface area contributed by atoms with E-state index in [1.807, 2.05) is 28.9 Å². The fourth-order valence-electron chi connectivity index (χ4n) is 3.00. The largest absolute Gasteiger partial charge is 0.348 e. The summed E-state index contributed by atoms with van der Waals surface area (Å²) >= 11 is 5.99. The molecule has 23 heavy (non-hydrogen) atoms. The van der Waals surface area contributed by atoms with Gasteiger partial charge in [-0.2, -0.15) is 10.1 Å². The van der Waals surface area contributed by atoms with Gasteiger partial charge in [0.25, 0.3) is 0 Å². The second-order valence-electron chi connectivity index (χ2n) is 5.58. The number of halogens is 2. The van der Waals surface area contributed by atoms with Crippen molar-refractivity contribution in [2.45, 2.75) is 18.5 Å². The molecule has 0 radical (unpaired) electrons. The van der Waals surface area contributed by atoms with E-state index in [0.29, 0.717) is 11.0 Å². The zero-order chi connectivity index (χ0) is 15.8. The third-order valence-electron chi connectivity index (χ3n) is 4.16. The molecule has 1 aromatic heterocycles. The summed E-state index contributed by atoms with van der Waals surface area (Å²) in [5.41, 5.74) is 2.15. The molecule has 0 unspecified atom stereocenters. The standard InChI is InChI=1S/C17H14ClFN4/c18-13-5-1-12(2-6-13)16-9-15(11-3-7-14(19)8-4-11)22-17-20-10-21-23(16)17/h1-8,10,15-16H,9H2,(H,20,21,22)/t15-,16-/m0/s1. The van der Waals surface area contributed by atoms with Gasteiger partial charge in [-0.25, -0.2) is 9.07 Å². The first-order valence-corrected chi connectivity index (χ1v) is 7.75. The molecule has 0 saturated carbocycles. The second-order valence-corrected chi connectivity index (χ2v) is 6.02. The summed E-state index contributed by atoms with van der Waals surface area (Å²) < 4.78 is 15.0. The van der Waals surface area contributed by atoms with Crippen molar-refractivity contribution in [1.82, 2.24) is 14.8 Å². The van der Waals surface area contributed by atoms with Crippen LogP contribution < -0.4 is 5.32 Å². The van der Waals surface area contributed by atoms with Crippen molar-refractivity contribution in [3.05, 3.63) is 76.8 Å². The molecule has 0 amide bonds. The molecule has 116 valence electrons. The maximum Gasteiger partial charge on any atom is 0.222 e. The van der Waals surface area contributed by atoms with Crippen molar-refractivity contribution >= 4 is 17.5 Å². The number of nitrogens with zero attached hydrogens (tertiary/aromatic N) is 3. The fraction of sp³-hybridized carbons (Fsp3) is 0.176. The molecule has 1 N–H and O–H groups in total. The SMILES string of the molecule is Fc1ccc([C@@H]2C[C@@H](c3ccc(Cl)cc3)n3ncnc3N2)cc1. The highest BCUT2D eigenvalue weighted by atomic mass is 35.5. The van der Waals surface area contributed by atoms with Crippen LogP contribution in [0.2, 0.25) is 5.02 Å². The maximum absolute atomic E-state index is 13.2. The number of benzene rings is 2. The lowest BCUT2D eigenvalue weighted by Crippen LogP contribution is -2.28. The van der Waals surface area contributed by atoms with Gasteiger partial charge in [0.05, 0.1) is 12.1 Å². The third kappa shape index (κ3) is 2.68. The number of aromatic nitrogens is 3. The zero-order valence-electron chi connectivity index (χ0n) is 12.2. The average molecular weight is 329 g/mol. The van der Waals surface area contributed by atoms with Crippen LogP contribution in [0.3, 0.4) is 0 Å². The fourth-order valence-corrected chi connectivity index (χ4v) is 3.12. The highest BCUT2D eigenvalue weighted by Crippen LogP contribution is 2.37. The summed E-state index contributed by atoms with van der Waals surface area (Å²) in [4.78, 5) is 4.28. The molecule has 2 atom stereocenters. The quantitative estimate of drug-likeness (QED) is 0.766. The third-order valence-corrected chi connectivity index (χ3v) is 4.41. The number of anilines is 1. The summed E-state index contributed by atoms with van der Waals surface area (Å²) in [5, 5.41) is 8.40. The first kappa shape index (κ1) is 14.2. The molecule has 4 nitrogen and oxygen atoms in total. The molecule has 1 aliphatic heterocycles. The van der Waals surface area contributed by atoms with E-state index in [2.05, 4.69) is 15.4 Å². The average Bonchev–Trinajstić information content (AvgIpc) is 3.04. The number of fused-ring (bicyclic) bond motifs is 1. The van der Waals surface area contributed by atoms with Crippen molar-refractivity contribution in [2.24, 2.45) is 0 Å². The lowest BCUT2D eigenvalue weighted by Gasteiger charge is -2.31. The summed E-state index contributed by atoms with van der Waals surface area (Å²) in [7, 11) is 0. The van der Waals surface area contributed by atoms with E-state index in [9.17, 15) is 4.39 Å². The van der Waals surface area contributed by atoms with Crippen LogP contribution in [-0.4, -0.2) is 14.8 Å². The van der Waals surface area contributed by atoms with Crippen molar-refractivity contribution in [2.75, 3.05) is 5.32 Å². The van der Waals surface area contributed by atoms with Crippen LogP contribution >= 0.6 is 11.6 Å². The Morgan fingerprint density at radius 2 is 1.74 bits per heavy atom. The number of hydrogen-bond acceptors (Lipinski definition) is 3. The van der Waals surface area contributed by atoms with Crippen LogP contribution in [0.25, 0.3) is 0 Å². The van der Waals surface area contributed by atoms with Crippen LogP contribution in [0, 0.1) is 5.82 Å². The monoisotopic (exact) mass is 328 g/mol. The summed E-state index contributed by atoms with van der Waals surface area (Å²) in [5.74, 6) is 0.479. The van der Waals surface area contributed by atoms with Crippen LogP contribution in [0.4, 0.5) is 10.3 Å². The van der Waals surface area contributed by atoms with Crippen molar-refractivity contribution in [3.63, 3.8) is 0 Å². The predicted molar refractivity (Wildman–Crippen MR) is 87.0 cm³/mol. The van der Waals surface area contributed by atoms with Gasteiger partial charge in [-0.15, -0.1) is 0 Å². The molecule has 1 aliphatic rings. The van der Waals surface area contributed by atoms with Gasteiger partial charge >= 0.3 is 0 Å². The highest BCUT2D eigenvalue weighted by molar-refractivity contribution is 6.30. The molecular weight excluding hydrogens is 315 g/mol. The second kappa shape index (κ2) is 5.66. The molecule has 6 heteroatoms. The lowest BCUT2D eigenvalue weighted by molar-refractivity contribution is 0.430. The Morgan fingerprint density at radius 3 is 2.48 bits per heavy atom. The first-order chi connectivity index (χ1) is 11.2. The van der Waals surface area contributed by atoms with Gasteiger partial charge in [0.2, 0.25) is 5.95 Å². The van der Waals surface area contributed by atoms with Gasteiger partial charge in [0.15, 0.2) is 0 Å². The molecule has 2 heterocycles. The molecule has 4 rings (SSSR count). The maximum atomic E-state index is 13.2. The number of nitrogens with one attached hydrogen (secondary N) is 1. The van der Waals surface area contributed by atoms with Gasteiger partial charge in [-0.1, -0.05) is 35.9 Å². The molecule has 0 fully saturated rings. The van der Waals surface area contributed by atoms with Crippen molar-refractivity contribution < 1.29 is 4.39 Å². The van der Waals surface area contributed by atoms with Crippen molar-refractivity contribution in [1.29, 1.82) is 0 Å². The topological polar surface area (TPSA) is 42.7 Å². The molecule has 0 bridgehead atoms. The molecule has 0 aliphatic carbocycles. The van der Waals surface area contributed by atoms with Gasteiger partial charge < -0.3 is 5.32 Å². The van der Waals surface area contributed by atoms with Crippen LogP contribution in [0.5, 0.6) is 0 Å². The Hall–Kier alpha value is -2.40. The Bertz CT molecular complexity index is 813. The molecule has 0 spiro atoms. The van der Waals surface area contributed by atoms with E-state index < -0.39 is 0 Å². The molecule has 3 aromatic rings. The summed E-state index contributed by atoms with van der Waals surface area (Å²) in [6.07, 6.45) is 2.34. The Morgan fingerprint density at radius 1 is 1.04 bits per heavy atom. The molecule has 0 saturated heterocycles. The minimum Gasteiger partial charge on any atom is -0.348 e. The van der Waals surface area contributed by atoms with Gasteiger partial charge in [0, 0.05) is 5.02 Å². The minimum atomic E-state index is -0.234. The number of rotatable bonds is 2. The van der Waals surface area contributed by atoms with Crippen LogP contribution in [0.1, 0.15) is 29.6 Å². The zero-order valence-corrected chi connectivity index (χ0v) is 12.9. The summed E-state index contributed by atoms with van der Waals surface area (Å²) in [6.45, 7) is 0. The van der Waals surface area contributed by atoms with Crippen molar-refractivity contribution in [3.8, 4) is 0 Å². The minimum absolute atomic E-state index is 0.0491. The smallest absolute Gasteiger partial charge is 0.222 e.